The number of phenolic OH excluding ortho intramolecular Hbond substituents is 1. The summed E-state index contributed by atoms with van der Waals surface area (Å²) in [6.07, 6.45) is -0.387. The molecule has 1 saturated heterocycles. The summed E-state index contributed by atoms with van der Waals surface area (Å²) in [4.78, 5) is 40.4. The van der Waals surface area contributed by atoms with Crippen LogP contribution in [-0.4, -0.2) is 39.0 Å². The van der Waals surface area contributed by atoms with Gasteiger partial charge in [-0.25, -0.2) is 9.88 Å². The molecule has 3 rings (SSSR count). The molecule has 2 heterocycles. The van der Waals surface area contributed by atoms with Gasteiger partial charge in [-0.3, -0.25) is 14.4 Å². The maximum Gasteiger partial charge on any atom is 0.309 e. The highest BCUT2D eigenvalue weighted by molar-refractivity contribution is 7.14. The van der Waals surface area contributed by atoms with E-state index in [0.717, 1.165) is 16.2 Å². The number of anilines is 2. The van der Waals surface area contributed by atoms with E-state index >= 15 is 0 Å². The molecule has 0 spiro atoms. The van der Waals surface area contributed by atoms with Crippen LogP contribution in [0.25, 0.3) is 0 Å². The van der Waals surface area contributed by atoms with Gasteiger partial charge in [-0.1, -0.05) is 11.6 Å². The molecule has 25 heavy (non-hydrogen) atoms. The third-order valence-corrected chi connectivity index (χ3v) is 4.61. The van der Waals surface area contributed by atoms with E-state index in [1.165, 1.54) is 17.5 Å². The number of carboxylic acids is 1. The number of amides is 2. The van der Waals surface area contributed by atoms with Gasteiger partial charge in [0.05, 0.1) is 24.2 Å². The minimum atomic E-state index is -1.05. The highest BCUT2D eigenvalue weighted by Crippen LogP contribution is 2.31. The zero-order valence-electron chi connectivity index (χ0n) is 12.6. The van der Waals surface area contributed by atoms with E-state index in [0.29, 0.717) is 5.02 Å². The van der Waals surface area contributed by atoms with Crippen molar-refractivity contribution in [1.29, 1.82) is 0 Å². The first kappa shape index (κ1) is 17.2. The van der Waals surface area contributed by atoms with Crippen LogP contribution in [0.5, 0.6) is 5.75 Å². The van der Waals surface area contributed by atoms with Gasteiger partial charge in [-0.15, -0.1) is 11.3 Å². The maximum atomic E-state index is 12.5. The summed E-state index contributed by atoms with van der Waals surface area (Å²) in [6, 6.07) is 3.52. The Morgan fingerprint density at radius 2 is 2.20 bits per heavy atom. The standard InChI is InChI=1S/C15H12ClN3O5S/c16-7-1-2-9(11(20)3-7)18-10-5-12(21)19(14(10)24)15-17-8(6-25-15)4-13(22)23/h1-3,6,10,18,20H,4-5H2,(H,22,23). The lowest BCUT2D eigenvalue weighted by Gasteiger charge is -2.14. The summed E-state index contributed by atoms with van der Waals surface area (Å²) in [5.41, 5.74) is 0.558. The highest BCUT2D eigenvalue weighted by Gasteiger charge is 2.41. The molecular weight excluding hydrogens is 370 g/mol. The number of thiazole rings is 1. The largest absolute Gasteiger partial charge is 0.506 e. The fourth-order valence-electron chi connectivity index (χ4n) is 2.40. The zero-order chi connectivity index (χ0) is 18.1. The predicted octanol–water partition coefficient (Wildman–Crippen LogP) is 1.87. The van der Waals surface area contributed by atoms with Crippen LogP contribution in [0.15, 0.2) is 23.6 Å². The summed E-state index contributed by atoms with van der Waals surface area (Å²) >= 11 is 6.79. The van der Waals surface area contributed by atoms with Crippen molar-refractivity contribution in [3.8, 4) is 5.75 Å². The second-order valence-electron chi connectivity index (χ2n) is 5.32. The number of halogens is 1. The lowest BCUT2D eigenvalue weighted by molar-refractivity contribution is -0.136. The fourth-order valence-corrected chi connectivity index (χ4v) is 3.41. The Kier molecular flexibility index (Phi) is 4.60. The number of rotatable bonds is 5. The van der Waals surface area contributed by atoms with E-state index in [2.05, 4.69) is 10.3 Å². The second kappa shape index (κ2) is 6.69. The van der Waals surface area contributed by atoms with Gasteiger partial charge < -0.3 is 15.5 Å². The van der Waals surface area contributed by atoms with Crippen LogP contribution in [0.3, 0.4) is 0 Å². The Balaban J connectivity index is 1.78. The third kappa shape index (κ3) is 3.57. The van der Waals surface area contributed by atoms with E-state index in [9.17, 15) is 19.5 Å². The lowest BCUT2D eigenvalue weighted by Crippen LogP contribution is -2.34. The Morgan fingerprint density at radius 3 is 2.88 bits per heavy atom. The number of carbonyl (C=O) groups excluding carboxylic acids is 2. The number of nitrogens with one attached hydrogen (secondary N) is 1. The van der Waals surface area contributed by atoms with Crippen molar-refractivity contribution in [2.24, 2.45) is 0 Å². The average molecular weight is 382 g/mol. The third-order valence-electron chi connectivity index (χ3n) is 3.50. The van der Waals surface area contributed by atoms with E-state index < -0.39 is 23.8 Å². The number of hydrogen-bond acceptors (Lipinski definition) is 7. The first-order valence-electron chi connectivity index (χ1n) is 7.13. The Bertz CT molecular complexity index is 869. The molecule has 2 amide bonds. The minimum Gasteiger partial charge on any atom is -0.506 e. The summed E-state index contributed by atoms with van der Waals surface area (Å²) in [7, 11) is 0. The zero-order valence-corrected chi connectivity index (χ0v) is 14.2. The number of hydrogen-bond donors (Lipinski definition) is 3. The van der Waals surface area contributed by atoms with Gasteiger partial charge >= 0.3 is 5.97 Å². The first-order valence-corrected chi connectivity index (χ1v) is 8.39. The minimum absolute atomic E-state index is 0.102. The van der Waals surface area contributed by atoms with Crippen molar-refractivity contribution in [3.63, 3.8) is 0 Å². The van der Waals surface area contributed by atoms with Gasteiger partial charge in [-0.2, -0.15) is 0 Å². The smallest absolute Gasteiger partial charge is 0.309 e. The lowest BCUT2D eigenvalue weighted by atomic mass is 10.2. The quantitative estimate of drug-likeness (QED) is 0.534. The van der Waals surface area contributed by atoms with Crippen LogP contribution >= 0.6 is 22.9 Å². The predicted molar refractivity (Wildman–Crippen MR) is 91.1 cm³/mol. The molecule has 0 radical (unpaired) electrons. The van der Waals surface area contributed by atoms with E-state index in [4.69, 9.17) is 16.7 Å². The Labute approximate surface area is 150 Å². The van der Waals surface area contributed by atoms with E-state index in [1.54, 1.807) is 6.07 Å². The molecule has 130 valence electrons. The highest BCUT2D eigenvalue weighted by atomic mass is 35.5. The Morgan fingerprint density at radius 1 is 1.44 bits per heavy atom. The molecule has 8 nitrogen and oxygen atoms in total. The van der Waals surface area contributed by atoms with Gasteiger partial charge in [0.15, 0.2) is 5.13 Å². The summed E-state index contributed by atoms with van der Waals surface area (Å²) in [6.45, 7) is 0. The number of phenols is 1. The number of aromatic nitrogens is 1. The molecule has 1 aromatic heterocycles. The molecule has 1 aliphatic heterocycles. The molecule has 10 heteroatoms. The Hall–Kier alpha value is -2.65. The van der Waals surface area contributed by atoms with Crippen LogP contribution in [0.2, 0.25) is 5.02 Å². The molecule has 0 saturated carbocycles. The molecule has 0 aliphatic carbocycles. The van der Waals surface area contributed by atoms with Gasteiger partial charge in [-0.05, 0) is 12.1 Å². The molecule has 0 bridgehead atoms. The van der Waals surface area contributed by atoms with Crippen molar-refractivity contribution in [1.82, 2.24) is 4.98 Å². The number of carboxylic acid groups (broad SMARTS) is 1. The SMILES string of the molecule is O=C(O)Cc1csc(N2C(=O)CC(Nc3ccc(Cl)cc3O)C2=O)n1. The fraction of sp³-hybridized carbons (Fsp3) is 0.200. The van der Waals surface area contributed by atoms with Crippen LogP contribution in [0.4, 0.5) is 10.8 Å². The molecular formula is C15H12ClN3O5S. The van der Waals surface area contributed by atoms with Gasteiger partial charge in [0.2, 0.25) is 5.91 Å². The van der Waals surface area contributed by atoms with E-state index in [1.807, 2.05) is 0 Å². The van der Waals surface area contributed by atoms with Crippen molar-refractivity contribution in [2.75, 3.05) is 10.2 Å². The molecule has 1 atom stereocenters. The summed E-state index contributed by atoms with van der Waals surface area (Å²) in [5.74, 6) is -2.15. The molecule has 2 aromatic rings. The number of imide groups is 1. The summed E-state index contributed by atoms with van der Waals surface area (Å²) in [5, 5.41) is 23.4. The van der Waals surface area contributed by atoms with Crippen LogP contribution < -0.4 is 10.2 Å². The van der Waals surface area contributed by atoms with Crippen molar-refractivity contribution in [2.45, 2.75) is 18.9 Å². The number of carbonyl (C=O) groups is 3. The molecule has 3 N–H and O–H groups in total. The van der Waals surface area contributed by atoms with Crippen LogP contribution in [0.1, 0.15) is 12.1 Å². The molecule has 1 aromatic carbocycles. The number of aliphatic carboxylic acids is 1. The van der Waals surface area contributed by atoms with Gasteiger partial charge in [0.1, 0.15) is 11.8 Å². The van der Waals surface area contributed by atoms with Crippen molar-refractivity contribution >= 4 is 51.5 Å². The van der Waals surface area contributed by atoms with E-state index in [-0.39, 0.29) is 35.1 Å². The average Bonchev–Trinajstić information content (AvgIpc) is 3.06. The number of aromatic hydroxyl groups is 1. The molecule has 1 unspecified atom stereocenters. The van der Waals surface area contributed by atoms with Crippen molar-refractivity contribution < 1.29 is 24.6 Å². The maximum absolute atomic E-state index is 12.5. The monoisotopic (exact) mass is 381 g/mol. The second-order valence-corrected chi connectivity index (χ2v) is 6.59. The van der Waals surface area contributed by atoms with Gasteiger partial charge in [0.25, 0.3) is 5.91 Å². The number of benzene rings is 1. The molecule has 1 aliphatic rings. The first-order chi connectivity index (χ1) is 11.8. The normalized spacial score (nSPS) is 17.2. The van der Waals surface area contributed by atoms with Crippen LogP contribution in [0, 0.1) is 0 Å². The number of nitrogens with zero attached hydrogens (tertiary/aromatic N) is 2. The topological polar surface area (TPSA) is 120 Å². The van der Waals surface area contributed by atoms with Crippen LogP contribution in [-0.2, 0) is 20.8 Å². The van der Waals surface area contributed by atoms with Gasteiger partial charge in [0, 0.05) is 16.5 Å². The van der Waals surface area contributed by atoms with Crippen molar-refractivity contribution in [3.05, 3.63) is 34.3 Å². The molecule has 1 fully saturated rings. The summed E-state index contributed by atoms with van der Waals surface area (Å²) < 4.78 is 0.